The molecule has 0 aromatic heterocycles. The van der Waals surface area contributed by atoms with Crippen molar-refractivity contribution in [2.24, 2.45) is 0 Å². The Kier molecular flexibility index (Phi) is 3.45. The normalized spacial score (nSPS) is 20.2. The average molecular weight is 207 g/mol. The molecule has 1 atom stereocenters. The van der Waals surface area contributed by atoms with E-state index >= 15 is 0 Å². The molecule has 0 spiro atoms. The summed E-state index contributed by atoms with van der Waals surface area (Å²) in [5.74, 6) is 1.77. The molecule has 0 aliphatic carbocycles. The smallest absolute Gasteiger partial charge is 0.119 e. The molecule has 1 aliphatic rings. The van der Waals surface area contributed by atoms with E-state index in [1.807, 2.05) is 24.3 Å². The number of nitrogens with one attached hydrogen (secondary N) is 1. The zero-order chi connectivity index (χ0) is 10.5. The Bertz CT molecular complexity index is 291. The molecule has 1 aliphatic heterocycles. The highest BCUT2D eigenvalue weighted by atomic mass is 16.5. The summed E-state index contributed by atoms with van der Waals surface area (Å²) >= 11 is 0. The van der Waals surface area contributed by atoms with Crippen LogP contribution in [0.3, 0.4) is 0 Å². The van der Waals surface area contributed by atoms with Crippen molar-refractivity contribution >= 4 is 0 Å². The minimum atomic E-state index is 0.520. The minimum Gasteiger partial charge on any atom is -0.497 e. The highest BCUT2D eigenvalue weighted by Gasteiger charge is 2.14. The van der Waals surface area contributed by atoms with E-state index in [9.17, 15) is 0 Å². The van der Waals surface area contributed by atoms with E-state index in [4.69, 9.17) is 9.47 Å². The average Bonchev–Trinajstić information content (AvgIpc) is 2.80. The quantitative estimate of drug-likeness (QED) is 0.817. The Morgan fingerprint density at radius 3 is 2.60 bits per heavy atom. The summed E-state index contributed by atoms with van der Waals surface area (Å²) < 4.78 is 10.8. The van der Waals surface area contributed by atoms with Crippen LogP contribution in [-0.4, -0.2) is 26.3 Å². The maximum absolute atomic E-state index is 5.67. The van der Waals surface area contributed by atoms with Gasteiger partial charge in [0.2, 0.25) is 0 Å². The molecule has 2 rings (SSSR count). The van der Waals surface area contributed by atoms with E-state index in [0.29, 0.717) is 6.04 Å². The van der Waals surface area contributed by atoms with Gasteiger partial charge in [0, 0.05) is 6.04 Å². The second kappa shape index (κ2) is 5.03. The third-order valence-electron chi connectivity index (χ3n) is 2.67. The molecule has 15 heavy (non-hydrogen) atoms. The molecule has 1 aromatic carbocycles. The molecule has 0 unspecified atom stereocenters. The lowest BCUT2D eigenvalue weighted by Crippen LogP contribution is -2.28. The van der Waals surface area contributed by atoms with Crippen molar-refractivity contribution in [1.82, 2.24) is 5.32 Å². The molecular weight excluding hydrogens is 190 g/mol. The topological polar surface area (TPSA) is 30.5 Å². The van der Waals surface area contributed by atoms with Crippen LogP contribution in [0.1, 0.15) is 12.8 Å². The molecule has 0 radical (unpaired) electrons. The van der Waals surface area contributed by atoms with Crippen molar-refractivity contribution in [2.75, 3.05) is 20.3 Å². The Morgan fingerprint density at radius 2 is 2.00 bits per heavy atom. The van der Waals surface area contributed by atoms with Gasteiger partial charge in [0.1, 0.15) is 18.1 Å². The molecule has 1 fully saturated rings. The summed E-state index contributed by atoms with van der Waals surface area (Å²) in [5.41, 5.74) is 0. The van der Waals surface area contributed by atoms with Crippen LogP contribution < -0.4 is 14.8 Å². The van der Waals surface area contributed by atoms with Gasteiger partial charge in [0.25, 0.3) is 0 Å². The van der Waals surface area contributed by atoms with Gasteiger partial charge in [0.05, 0.1) is 7.11 Å². The number of methoxy groups -OCH3 is 1. The number of hydrogen-bond acceptors (Lipinski definition) is 3. The van der Waals surface area contributed by atoms with Crippen LogP contribution in [0.5, 0.6) is 11.5 Å². The zero-order valence-electron chi connectivity index (χ0n) is 9.03. The predicted octanol–water partition coefficient (Wildman–Crippen LogP) is 1.83. The van der Waals surface area contributed by atoms with Crippen LogP contribution in [0.25, 0.3) is 0 Å². The first-order valence-corrected chi connectivity index (χ1v) is 5.39. The molecule has 3 heteroatoms. The summed E-state index contributed by atoms with van der Waals surface area (Å²) in [6.07, 6.45) is 2.48. The van der Waals surface area contributed by atoms with Gasteiger partial charge in [-0.15, -0.1) is 0 Å². The van der Waals surface area contributed by atoms with Crippen LogP contribution in [0.4, 0.5) is 0 Å². The molecule has 1 aromatic rings. The Balaban J connectivity index is 1.82. The van der Waals surface area contributed by atoms with Gasteiger partial charge in [-0.3, -0.25) is 0 Å². The van der Waals surface area contributed by atoms with Crippen molar-refractivity contribution in [3.8, 4) is 11.5 Å². The molecular formula is C12H17NO2. The first-order valence-electron chi connectivity index (χ1n) is 5.39. The van der Waals surface area contributed by atoms with E-state index in [-0.39, 0.29) is 0 Å². The lowest BCUT2D eigenvalue weighted by Gasteiger charge is -2.12. The van der Waals surface area contributed by atoms with Crippen LogP contribution in [0, 0.1) is 0 Å². The Morgan fingerprint density at radius 1 is 1.27 bits per heavy atom. The maximum atomic E-state index is 5.67. The van der Waals surface area contributed by atoms with Crippen molar-refractivity contribution in [1.29, 1.82) is 0 Å². The van der Waals surface area contributed by atoms with Crippen LogP contribution in [-0.2, 0) is 0 Å². The first-order chi connectivity index (χ1) is 7.38. The van der Waals surface area contributed by atoms with E-state index in [1.54, 1.807) is 7.11 Å². The molecule has 82 valence electrons. The second-order valence-corrected chi connectivity index (χ2v) is 3.78. The summed E-state index contributed by atoms with van der Waals surface area (Å²) in [6, 6.07) is 8.23. The predicted molar refractivity (Wildman–Crippen MR) is 59.5 cm³/mol. The van der Waals surface area contributed by atoms with Crippen LogP contribution in [0.15, 0.2) is 24.3 Å². The van der Waals surface area contributed by atoms with Crippen molar-refractivity contribution in [3.63, 3.8) is 0 Å². The third kappa shape index (κ3) is 2.86. The molecule has 3 nitrogen and oxygen atoms in total. The van der Waals surface area contributed by atoms with Gasteiger partial charge in [-0.1, -0.05) is 0 Å². The highest BCUT2D eigenvalue weighted by Crippen LogP contribution is 2.17. The van der Waals surface area contributed by atoms with Gasteiger partial charge >= 0.3 is 0 Å². The summed E-state index contributed by atoms with van der Waals surface area (Å²) in [4.78, 5) is 0. The van der Waals surface area contributed by atoms with Crippen molar-refractivity contribution in [3.05, 3.63) is 24.3 Å². The lowest BCUT2D eigenvalue weighted by atomic mass is 10.2. The van der Waals surface area contributed by atoms with E-state index < -0.39 is 0 Å². The fourth-order valence-corrected chi connectivity index (χ4v) is 1.77. The van der Waals surface area contributed by atoms with Gasteiger partial charge in [-0.25, -0.2) is 0 Å². The molecule has 0 bridgehead atoms. The SMILES string of the molecule is COc1ccc(OC[C@H]2CCCN2)cc1. The van der Waals surface area contributed by atoms with Crippen LogP contribution >= 0.6 is 0 Å². The van der Waals surface area contributed by atoms with Gasteiger partial charge in [-0.05, 0) is 43.7 Å². The maximum Gasteiger partial charge on any atom is 0.119 e. The number of rotatable bonds is 4. The third-order valence-corrected chi connectivity index (χ3v) is 2.67. The summed E-state index contributed by atoms with van der Waals surface area (Å²) in [5, 5.41) is 3.40. The largest absolute Gasteiger partial charge is 0.497 e. The second-order valence-electron chi connectivity index (χ2n) is 3.78. The Hall–Kier alpha value is -1.22. The van der Waals surface area contributed by atoms with E-state index in [1.165, 1.54) is 12.8 Å². The fourth-order valence-electron chi connectivity index (χ4n) is 1.77. The summed E-state index contributed by atoms with van der Waals surface area (Å²) in [6.45, 7) is 1.88. The van der Waals surface area contributed by atoms with Crippen molar-refractivity contribution in [2.45, 2.75) is 18.9 Å². The zero-order valence-corrected chi connectivity index (χ0v) is 9.03. The minimum absolute atomic E-state index is 0.520. The van der Waals surface area contributed by atoms with Gasteiger partial charge in [-0.2, -0.15) is 0 Å². The van der Waals surface area contributed by atoms with Crippen molar-refractivity contribution < 1.29 is 9.47 Å². The Labute approximate surface area is 90.4 Å². The molecule has 1 heterocycles. The van der Waals surface area contributed by atoms with Gasteiger partial charge < -0.3 is 14.8 Å². The van der Waals surface area contributed by atoms with Gasteiger partial charge in [0.15, 0.2) is 0 Å². The molecule has 0 saturated carbocycles. The molecule has 1 saturated heterocycles. The van der Waals surface area contributed by atoms with Crippen LogP contribution in [0.2, 0.25) is 0 Å². The fraction of sp³-hybridized carbons (Fsp3) is 0.500. The summed E-state index contributed by atoms with van der Waals surface area (Å²) in [7, 11) is 1.66. The highest BCUT2D eigenvalue weighted by molar-refractivity contribution is 5.31. The number of hydrogen-bond donors (Lipinski definition) is 1. The van der Waals surface area contributed by atoms with E-state index in [2.05, 4.69) is 5.32 Å². The standard InChI is InChI=1S/C12H17NO2/c1-14-11-4-6-12(7-5-11)15-9-10-3-2-8-13-10/h4-7,10,13H,2-3,8-9H2,1H3/t10-/m1/s1. The monoisotopic (exact) mass is 207 g/mol. The lowest BCUT2D eigenvalue weighted by molar-refractivity contribution is 0.277. The number of ether oxygens (including phenoxy) is 2. The molecule has 0 amide bonds. The first kappa shape index (κ1) is 10.3. The molecule has 1 N–H and O–H groups in total. The number of benzene rings is 1. The van der Waals surface area contributed by atoms with E-state index in [0.717, 1.165) is 24.7 Å².